The van der Waals surface area contributed by atoms with Gasteiger partial charge in [0.25, 0.3) is 0 Å². The first kappa shape index (κ1) is 9.75. The largest absolute Gasteiger partial charge is 0.365 e. The van der Waals surface area contributed by atoms with E-state index in [4.69, 9.17) is 4.74 Å². The number of aliphatic hydroxyl groups is 1. The van der Waals surface area contributed by atoms with E-state index in [1.54, 1.807) is 0 Å². The van der Waals surface area contributed by atoms with Crippen molar-refractivity contribution in [2.24, 2.45) is 5.92 Å². The molecule has 0 heterocycles. The van der Waals surface area contributed by atoms with E-state index in [9.17, 15) is 5.11 Å². The van der Waals surface area contributed by atoms with Crippen molar-refractivity contribution in [1.29, 1.82) is 0 Å². The number of methoxy groups -OCH3 is 1. The van der Waals surface area contributed by atoms with Gasteiger partial charge in [0.15, 0.2) is 6.29 Å². The Bertz CT molecular complexity index is 157. The van der Waals surface area contributed by atoms with E-state index in [-0.39, 0.29) is 0 Å². The van der Waals surface area contributed by atoms with Crippen molar-refractivity contribution in [2.45, 2.75) is 38.9 Å². The highest BCUT2D eigenvalue weighted by Gasteiger charge is 2.16. The molecule has 1 atom stereocenters. The predicted molar refractivity (Wildman–Crippen MR) is 48.7 cm³/mol. The molecule has 0 aliphatic heterocycles. The van der Waals surface area contributed by atoms with Crippen LogP contribution in [0, 0.1) is 5.92 Å². The molecule has 0 aromatic carbocycles. The van der Waals surface area contributed by atoms with Gasteiger partial charge in [0.05, 0.1) is 0 Å². The van der Waals surface area contributed by atoms with Crippen molar-refractivity contribution >= 4 is 0 Å². The van der Waals surface area contributed by atoms with Crippen LogP contribution in [0.4, 0.5) is 0 Å². The third-order valence-corrected chi connectivity index (χ3v) is 2.65. The number of hydrogen-bond acceptors (Lipinski definition) is 2. The molecule has 2 heteroatoms. The lowest BCUT2D eigenvalue weighted by molar-refractivity contribution is -0.0365. The fourth-order valence-electron chi connectivity index (χ4n) is 1.81. The van der Waals surface area contributed by atoms with Gasteiger partial charge >= 0.3 is 0 Å². The number of rotatable bonds is 3. The number of ether oxygens (including phenoxy) is 1. The molecule has 0 spiro atoms. The van der Waals surface area contributed by atoms with Crippen LogP contribution in [0.5, 0.6) is 0 Å². The number of allylic oxidation sites excluding steroid dienone is 1. The van der Waals surface area contributed by atoms with Crippen LogP contribution >= 0.6 is 0 Å². The predicted octanol–water partition coefficient (Wildman–Crippen LogP) is 2.09. The van der Waals surface area contributed by atoms with Gasteiger partial charge in [-0.2, -0.15) is 0 Å². The Morgan fingerprint density at radius 3 is 2.58 bits per heavy atom. The normalized spacial score (nSPS) is 23.1. The van der Waals surface area contributed by atoms with Gasteiger partial charge in [0.1, 0.15) is 0 Å². The van der Waals surface area contributed by atoms with Crippen LogP contribution in [0.3, 0.4) is 0 Å². The molecule has 0 bridgehead atoms. The Hall–Kier alpha value is -0.340. The molecular formula is C10H18O2. The molecule has 0 saturated heterocycles. The third kappa shape index (κ3) is 2.61. The molecule has 1 aliphatic rings. The Balaban J connectivity index is 2.43. The van der Waals surface area contributed by atoms with Crippen molar-refractivity contribution in [3.8, 4) is 0 Å². The van der Waals surface area contributed by atoms with Gasteiger partial charge in [-0.3, -0.25) is 0 Å². The molecule has 1 rings (SSSR count). The van der Waals surface area contributed by atoms with Gasteiger partial charge in [0, 0.05) is 7.11 Å². The van der Waals surface area contributed by atoms with Gasteiger partial charge in [-0.25, -0.2) is 0 Å². The molecule has 0 radical (unpaired) electrons. The molecule has 1 fully saturated rings. The summed E-state index contributed by atoms with van der Waals surface area (Å²) >= 11 is 0. The summed E-state index contributed by atoms with van der Waals surface area (Å²) in [6, 6.07) is 0. The van der Waals surface area contributed by atoms with Gasteiger partial charge in [-0.05, 0) is 31.8 Å². The van der Waals surface area contributed by atoms with Crippen molar-refractivity contribution in [3.63, 3.8) is 0 Å². The molecule has 70 valence electrons. The molecule has 2 nitrogen and oxygen atoms in total. The summed E-state index contributed by atoms with van der Waals surface area (Å²) in [6.07, 6.45) is 6.32. The van der Waals surface area contributed by atoms with Crippen LogP contribution in [-0.4, -0.2) is 18.5 Å². The van der Waals surface area contributed by atoms with Crippen molar-refractivity contribution in [1.82, 2.24) is 0 Å². The number of aliphatic hydroxyl groups excluding tert-OH is 1. The molecule has 0 aromatic rings. The lowest BCUT2D eigenvalue weighted by atomic mass is 9.99. The van der Waals surface area contributed by atoms with Crippen molar-refractivity contribution in [2.75, 3.05) is 7.11 Å². The quantitative estimate of drug-likeness (QED) is 0.519. The summed E-state index contributed by atoms with van der Waals surface area (Å²) in [7, 11) is 1.52. The Labute approximate surface area is 74.2 Å². The minimum Gasteiger partial charge on any atom is -0.365 e. The zero-order valence-electron chi connectivity index (χ0n) is 7.92. The first-order chi connectivity index (χ1) is 5.74. The lowest BCUT2D eigenvalue weighted by Crippen LogP contribution is -2.07. The van der Waals surface area contributed by atoms with Crippen LogP contribution in [0.2, 0.25) is 0 Å². The molecule has 1 N–H and O–H groups in total. The van der Waals surface area contributed by atoms with E-state index in [0.29, 0.717) is 5.92 Å². The molecule has 0 aromatic heterocycles. The molecule has 1 unspecified atom stereocenters. The fraction of sp³-hybridized carbons (Fsp3) is 0.800. The second-order valence-electron chi connectivity index (χ2n) is 3.52. The molecular weight excluding hydrogens is 152 g/mol. The van der Waals surface area contributed by atoms with Crippen LogP contribution < -0.4 is 0 Å². The molecule has 0 amide bonds. The summed E-state index contributed by atoms with van der Waals surface area (Å²) in [5.74, 6) is 0.690. The Morgan fingerprint density at radius 1 is 1.50 bits per heavy atom. The van der Waals surface area contributed by atoms with E-state index in [1.807, 2.05) is 6.08 Å². The maximum absolute atomic E-state index is 9.19. The van der Waals surface area contributed by atoms with Crippen LogP contribution in [0.25, 0.3) is 0 Å². The second kappa shape index (κ2) is 4.63. The van der Waals surface area contributed by atoms with E-state index in [0.717, 1.165) is 0 Å². The van der Waals surface area contributed by atoms with Crippen LogP contribution in [0.15, 0.2) is 11.6 Å². The topological polar surface area (TPSA) is 29.5 Å². The van der Waals surface area contributed by atoms with Crippen molar-refractivity contribution < 1.29 is 9.84 Å². The second-order valence-corrected chi connectivity index (χ2v) is 3.52. The number of hydrogen-bond donors (Lipinski definition) is 1. The maximum atomic E-state index is 9.19. The van der Waals surface area contributed by atoms with Gasteiger partial charge in [0.2, 0.25) is 0 Å². The average Bonchev–Trinajstić information content (AvgIpc) is 2.56. The fourth-order valence-corrected chi connectivity index (χ4v) is 1.81. The summed E-state index contributed by atoms with van der Waals surface area (Å²) in [5, 5.41) is 9.19. The summed E-state index contributed by atoms with van der Waals surface area (Å²) in [6.45, 7) is 2.08. The minimum atomic E-state index is -0.717. The Morgan fingerprint density at radius 2 is 2.08 bits per heavy atom. The SMILES string of the molecule is COC(O)/C=C(\C)C1CCCC1. The van der Waals surface area contributed by atoms with E-state index in [2.05, 4.69) is 6.92 Å². The van der Waals surface area contributed by atoms with Crippen molar-refractivity contribution in [3.05, 3.63) is 11.6 Å². The highest BCUT2D eigenvalue weighted by atomic mass is 16.6. The average molecular weight is 170 g/mol. The molecule has 1 saturated carbocycles. The lowest BCUT2D eigenvalue weighted by Gasteiger charge is -2.11. The Kier molecular flexibility index (Phi) is 3.76. The standard InChI is InChI=1S/C10H18O2/c1-8(7-10(11)12-2)9-5-3-4-6-9/h7,9-11H,3-6H2,1-2H3/b8-7+. The van der Waals surface area contributed by atoms with E-state index in [1.165, 1.54) is 38.4 Å². The summed E-state index contributed by atoms with van der Waals surface area (Å²) < 4.78 is 4.76. The first-order valence-corrected chi connectivity index (χ1v) is 4.63. The van der Waals surface area contributed by atoms with E-state index < -0.39 is 6.29 Å². The monoisotopic (exact) mass is 170 g/mol. The zero-order chi connectivity index (χ0) is 8.97. The summed E-state index contributed by atoms with van der Waals surface area (Å²) in [4.78, 5) is 0. The summed E-state index contributed by atoms with van der Waals surface area (Å²) in [5.41, 5.74) is 1.28. The zero-order valence-corrected chi connectivity index (χ0v) is 7.92. The highest BCUT2D eigenvalue weighted by Crippen LogP contribution is 2.30. The van der Waals surface area contributed by atoms with Crippen LogP contribution in [-0.2, 0) is 4.74 Å². The molecule has 12 heavy (non-hydrogen) atoms. The van der Waals surface area contributed by atoms with E-state index >= 15 is 0 Å². The minimum absolute atomic E-state index is 0.690. The van der Waals surface area contributed by atoms with Gasteiger partial charge < -0.3 is 9.84 Å². The third-order valence-electron chi connectivity index (χ3n) is 2.65. The smallest absolute Gasteiger partial charge is 0.173 e. The first-order valence-electron chi connectivity index (χ1n) is 4.63. The highest BCUT2D eigenvalue weighted by molar-refractivity contribution is 5.06. The molecule has 1 aliphatic carbocycles. The van der Waals surface area contributed by atoms with Crippen LogP contribution in [0.1, 0.15) is 32.6 Å². The maximum Gasteiger partial charge on any atom is 0.173 e. The van der Waals surface area contributed by atoms with Gasteiger partial charge in [-0.15, -0.1) is 0 Å². The van der Waals surface area contributed by atoms with Gasteiger partial charge in [-0.1, -0.05) is 18.4 Å².